The van der Waals surface area contributed by atoms with E-state index in [9.17, 15) is 8.78 Å². The lowest BCUT2D eigenvalue weighted by Gasteiger charge is -1.97. The number of halogens is 2. The van der Waals surface area contributed by atoms with Gasteiger partial charge in [0.2, 0.25) is 6.33 Å². The summed E-state index contributed by atoms with van der Waals surface area (Å²) in [5, 5.41) is 0. The number of benzene rings is 2. The summed E-state index contributed by atoms with van der Waals surface area (Å²) in [5.41, 5.74) is 2.45. The monoisotopic (exact) mass is 259 g/mol. The number of para-hydroxylation sites is 2. The van der Waals surface area contributed by atoms with Crippen LogP contribution in [0.5, 0.6) is 0 Å². The Balaban J connectivity index is 2.09. The Hall–Kier alpha value is -2.23. The van der Waals surface area contributed by atoms with E-state index in [2.05, 4.69) is 0 Å². The molecule has 0 atom stereocenters. The van der Waals surface area contributed by atoms with E-state index in [0.29, 0.717) is 12.1 Å². The maximum absolute atomic E-state index is 13.0. The summed E-state index contributed by atoms with van der Waals surface area (Å²) in [4.78, 5) is 0. The summed E-state index contributed by atoms with van der Waals surface area (Å²) in [6.07, 6.45) is 1.47. The molecule has 1 heterocycles. The number of imidazole rings is 1. The van der Waals surface area contributed by atoms with Crippen molar-refractivity contribution < 1.29 is 13.3 Å². The van der Waals surface area contributed by atoms with Gasteiger partial charge in [0, 0.05) is 0 Å². The second-order valence-electron chi connectivity index (χ2n) is 4.40. The number of aromatic nitrogens is 2. The van der Waals surface area contributed by atoms with Crippen LogP contribution in [0.1, 0.15) is 12.1 Å². The largest absolute Gasteiger partial charge is 0.387 e. The Kier molecular flexibility index (Phi) is 2.99. The average Bonchev–Trinajstić information content (AvgIpc) is 2.79. The third-order valence-electron chi connectivity index (χ3n) is 3.14. The number of hydrogen-bond acceptors (Lipinski definition) is 0. The number of hydrogen-bond donors (Lipinski definition) is 0. The molecule has 0 fully saturated rings. The third kappa shape index (κ3) is 2.21. The average molecular weight is 259 g/mol. The van der Waals surface area contributed by atoms with Crippen LogP contribution >= 0.6 is 0 Å². The van der Waals surface area contributed by atoms with Crippen LogP contribution in [0.15, 0.2) is 60.9 Å². The molecule has 0 aliphatic rings. The molecule has 0 unspecified atom stereocenters. The van der Waals surface area contributed by atoms with Crippen molar-refractivity contribution in [3.63, 3.8) is 0 Å². The van der Waals surface area contributed by atoms with Crippen LogP contribution in [0, 0.1) is 0 Å². The van der Waals surface area contributed by atoms with E-state index in [-0.39, 0.29) is 0 Å². The highest BCUT2D eigenvalue weighted by molar-refractivity contribution is 5.71. The van der Waals surface area contributed by atoms with Crippen molar-refractivity contribution in [2.75, 3.05) is 0 Å². The Morgan fingerprint density at radius 2 is 1.63 bits per heavy atom. The number of nitrogens with zero attached hydrogens (tertiary/aromatic N) is 2. The molecule has 4 heteroatoms. The number of fused-ring (bicyclic) bond motifs is 1. The number of rotatable bonds is 3. The first kappa shape index (κ1) is 11.8. The summed E-state index contributed by atoms with van der Waals surface area (Å²) in [5.74, 6) is 0. The fraction of sp³-hybridized carbons (Fsp3) is 0.133. The SMILES string of the molecule is FC(F)n1c[n+](Cc2ccccc2)c2ccccc21. The van der Waals surface area contributed by atoms with Gasteiger partial charge in [-0.2, -0.15) is 13.3 Å². The van der Waals surface area contributed by atoms with E-state index in [0.717, 1.165) is 15.6 Å². The van der Waals surface area contributed by atoms with Gasteiger partial charge in [-0.3, -0.25) is 0 Å². The molecule has 0 N–H and O–H groups in total. The van der Waals surface area contributed by atoms with E-state index in [1.165, 1.54) is 6.33 Å². The van der Waals surface area contributed by atoms with Gasteiger partial charge in [-0.25, -0.2) is 4.57 Å². The molecule has 0 radical (unpaired) electrons. The maximum Gasteiger partial charge on any atom is 0.387 e. The molecule has 19 heavy (non-hydrogen) atoms. The molecule has 0 bridgehead atoms. The molecule has 0 saturated carbocycles. The lowest BCUT2D eigenvalue weighted by molar-refractivity contribution is -0.663. The summed E-state index contributed by atoms with van der Waals surface area (Å²) in [7, 11) is 0. The standard InChI is InChI=1S/C15H13F2N2/c16-15(17)19-11-18(10-12-6-2-1-3-7-12)13-8-4-5-9-14(13)19/h1-9,11,15H,10H2/q+1. The molecular weight excluding hydrogens is 246 g/mol. The molecule has 3 aromatic rings. The summed E-state index contributed by atoms with van der Waals surface area (Å²) < 4.78 is 28.8. The van der Waals surface area contributed by atoms with Crippen molar-refractivity contribution in [1.29, 1.82) is 0 Å². The molecular formula is C15H13F2N2+. The minimum atomic E-state index is -2.53. The third-order valence-corrected chi connectivity index (χ3v) is 3.14. The van der Waals surface area contributed by atoms with Crippen molar-refractivity contribution in [1.82, 2.24) is 4.57 Å². The highest BCUT2D eigenvalue weighted by atomic mass is 19.3. The van der Waals surface area contributed by atoms with Crippen molar-refractivity contribution in [2.45, 2.75) is 13.1 Å². The van der Waals surface area contributed by atoms with Crippen LogP contribution in [0.3, 0.4) is 0 Å². The normalized spacial score (nSPS) is 11.3. The van der Waals surface area contributed by atoms with Crippen molar-refractivity contribution in [3.05, 3.63) is 66.5 Å². The van der Waals surface area contributed by atoms with Gasteiger partial charge in [0.15, 0.2) is 11.0 Å². The predicted molar refractivity (Wildman–Crippen MR) is 68.9 cm³/mol. The molecule has 0 spiro atoms. The zero-order chi connectivity index (χ0) is 13.2. The molecule has 96 valence electrons. The highest BCUT2D eigenvalue weighted by Crippen LogP contribution is 2.18. The quantitative estimate of drug-likeness (QED) is 0.638. The first-order chi connectivity index (χ1) is 9.25. The molecule has 0 aliphatic carbocycles. The fourth-order valence-electron chi connectivity index (χ4n) is 2.26. The molecule has 1 aromatic heterocycles. The van der Waals surface area contributed by atoms with E-state index in [4.69, 9.17) is 0 Å². The maximum atomic E-state index is 13.0. The molecule has 2 nitrogen and oxygen atoms in total. The van der Waals surface area contributed by atoms with Gasteiger partial charge in [0.1, 0.15) is 6.54 Å². The van der Waals surface area contributed by atoms with Crippen LogP contribution < -0.4 is 4.57 Å². The van der Waals surface area contributed by atoms with Gasteiger partial charge in [0.25, 0.3) is 0 Å². The number of alkyl halides is 2. The van der Waals surface area contributed by atoms with E-state index >= 15 is 0 Å². The van der Waals surface area contributed by atoms with E-state index in [1.807, 2.05) is 47.0 Å². The van der Waals surface area contributed by atoms with Gasteiger partial charge in [-0.15, -0.1) is 0 Å². The topological polar surface area (TPSA) is 8.81 Å². The van der Waals surface area contributed by atoms with E-state index < -0.39 is 6.55 Å². The Morgan fingerprint density at radius 1 is 0.947 bits per heavy atom. The Labute approximate surface area is 109 Å². The zero-order valence-corrected chi connectivity index (χ0v) is 10.2. The Morgan fingerprint density at radius 3 is 2.37 bits per heavy atom. The lowest BCUT2D eigenvalue weighted by Crippen LogP contribution is -2.32. The van der Waals surface area contributed by atoms with Gasteiger partial charge < -0.3 is 0 Å². The summed E-state index contributed by atoms with van der Waals surface area (Å²) in [6.45, 7) is -1.94. The molecule has 3 rings (SSSR count). The lowest BCUT2D eigenvalue weighted by atomic mass is 10.2. The zero-order valence-electron chi connectivity index (χ0n) is 10.2. The molecule has 0 amide bonds. The highest BCUT2D eigenvalue weighted by Gasteiger charge is 2.21. The van der Waals surface area contributed by atoms with Crippen molar-refractivity contribution >= 4 is 11.0 Å². The van der Waals surface area contributed by atoms with Crippen LogP contribution in [0.2, 0.25) is 0 Å². The smallest absolute Gasteiger partial charge is 0.225 e. The van der Waals surface area contributed by atoms with Crippen LogP contribution in [0.25, 0.3) is 11.0 Å². The molecule has 0 saturated heterocycles. The minimum absolute atomic E-state index is 0.549. The second-order valence-corrected chi connectivity index (χ2v) is 4.40. The minimum Gasteiger partial charge on any atom is -0.225 e. The Bertz CT molecular complexity index is 690. The summed E-state index contributed by atoms with van der Waals surface area (Å²) in [6, 6.07) is 17.0. The first-order valence-electron chi connectivity index (χ1n) is 6.07. The van der Waals surface area contributed by atoms with Crippen LogP contribution in [-0.2, 0) is 6.54 Å². The van der Waals surface area contributed by atoms with Gasteiger partial charge >= 0.3 is 6.55 Å². The van der Waals surface area contributed by atoms with Crippen LogP contribution in [0.4, 0.5) is 8.78 Å². The van der Waals surface area contributed by atoms with E-state index in [1.54, 1.807) is 12.1 Å². The molecule has 0 aliphatic heterocycles. The first-order valence-corrected chi connectivity index (χ1v) is 6.07. The fourth-order valence-corrected chi connectivity index (χ4v) is 2.26. The van der Waals surface area contributed by atoms with Gasteiger partial charge in [0.05, 0.1) is 0 Å². The summed E-state index contributed by atoms with van der Waals surface area (Å²) >= 11 is 0. The second kappa shape index (κ2) is 4.80. The molecule has 2 aromatic carbocycles. The predicted octanol–water partition coefficient (Wildman–Crippen LogP) is 3.37. The van der Waals surface area contributed by atoms with Crippen molar-refractivity contribution in [2.24, 2.45) is 0 Å². The van der Waals surface area contributed by atoms with Crippen molar-refractivity contribution in [3.8, 4) is 0 Å². The van der Waals surface area contributed by atoms with Crippen LogP contribution in [-0.4, -0.2) is 4.57 Å². The van der Waals surface area contributed by atoms with Gasteiger partial charge in [-0.1, -0.05) is 42.5 Å². The van der Waals surface area contributed by atoms with Gasteiger partial charge in [-0.05, 0) is 17.7 Å².